The Kier molecular flexibility index (Phi) is 13.2. The normalized spacial score (nSPS) is 30.3. The number of hydrogen-bond acceptors (Lipinski definition) is 16. The predicted molar refractivity (Wildman–Crippen MR) is 167 cm³/mol. The zero-order valence-electron chi connectivity index (χ0n) is 26.5. The van der Waals surface area contributed by atoms with Crippen molar-refractivity contribution in [1.82, 2.24) is 0 Å². The molecule has 0 saturated carbocycles. The molecule has 2 unspecified atom stereocenters. The van der Waals surface area contributed by atoms with Gasteiger partial charge in [0.05, 0.1) is 33.9 Å². The minimum atomic E-state index is -1.62. The molecule has 0 amide bonds. The Morgan fingerprint density at radius 2 is 1.00 bits per heavy atom. The second kappa shape index (κ2) is 17.1. The topological polar surface area (TPSA) is 251 Å². The summed E-state index contributed by atoms with van der Waals surface area (Å²) < 4.78 is 32.6. The second-order valence-corrected chi connectivity index (χ2v) is 11.2. The van der Waals surface area contributed by atoms with Gasteiger partial charge in [-0.15, -0.1) is 0 Å². The fourth-order valence-corrected chi connectivity index (χ4v) is 5.02. The Morgan fingerprint density at radius 3 is 1.35 bits per heavy atom. The molecule has 0 aromatic heterocycles. The summed E-state index contributed by atoms with van der Waals surface area (Å²) in [6.07, 6.45) is -9.81. The van der Waals surface area contributed by atoms with Crippen molar-refractivity contribution in [3.05, 3.63) is 59.7 Å². The standard InChI is InChI=1S/C33H40O16/c1-44-22-11-16(5-9-20(22)46-32-30(42)28(40)26(38)24(14-34)48-32)3-7-18(36)13-19(37)8-4-17-6-10-21(23(12-17)45-2)47-33-31(43)29(41)27(39)25(15-35)49-33/h3-12,24-35,38-43H,13-15H2,1-2H3/b7-3+,8-4+/t24-,25+,26-,27+,28+,29-,30-,31+,32?,33?. The molecule has 8 N–H and O–H groups in total. The van der Waals surface area contributed by atoms with Crippen LogP contribution in [-0.4, -0.2) is 141 Å². The molecule has 0 spiro atoms. The minimum absolute atomic E-state index is 0.112. The van der Waals surface area contributed by atoms with Gasteiger partial charge in [0.2, 0.25) is 12.6 Å². The quantitative estimate of drug-likeness (QED) is 0.0813. The molecule has 10 atom stereocenters. The van der Waals surface area contributed by atoms with Crippen LogP contribution in [0.15, 0.2) is 48.6 Å². The molecule has 2 fully saturated rings. The van der Waals surface area contributed by atoms with Gasteiger partial charge in [0.15, 0.2) is 34.6 Å². The van der Waals surface area contributed by atoms with E-state index >= 15 is 0 Å². The first kappa shape index (κ1) is 37.9. The number of rotatable bonds is 14. The summed E-state index contributed by atoms with van der Waals surface area (Å²) >= 11 is 0. The van der Waals surface area contributed by atoms with Gasteiger partial charge in [-0.3, -0.25) is 9.59 Å². The van der Waals surface area contributed by atoms with E-state index in [0.717, 1.165) is 0 Å². The molecule has 2 heterocycles. The Labute approximate surface area is 280 Å². The maximum Gasteiger partial charge on any atom is 0.229 e. The number of methoxy groups -OCH3 is 2. The van der Waals surface area contributed by atoms with Crippen LogP contribution in [0.25, 0.3) is 12.2 Å². The summed E-state index contributed by atoms with van der Waals surface area (Å²) in [5.41, 5.74) is 1.01. The van der Waals surface area contributed by atoms with Crippen molar-refractivity contribution in [3.63, 3.8) is 0 Å². The van der Waals surface area contributed by atoms with Gasteiger partial charge in [-0.25, -0.2) is 0 Å². The van der Waals surface area contributed by atoms with Crippen molar-refractivity contribution in [2.75, 3.05) is 27.4 Å². The third-order valence-electron chi connectivity index (χ3n) is 7.83. The monoisotopic (exact) mass is 692 g/mol. The molecule has 2 aromatic carbocycles. The van der Waals surface area contributed by atoms with Crippen molar-refractivity contribution < 1.29 is 78.9 Å². The van der Waals surface area contributed by atoms with Crippen LogP contribution >= 0.6 is 0 Å². The number of hydrogen-bond donors (Lipinski definition) is 8. The van der Waals surface area contributed by atoms with E-state index in [0.29, 0.717) is 11.1 Å². The first-order chi connectivity index (χ1) is 23.4. The Morgan fingerprint density at radius 1 is 0.612 bits per heavy atom. The summed E-state index contributed by atoms with van der Waals surface area (Å²) in [6.45, 7) is -1.24. The molecular weight excluding hydrogens is 652 g/mol. The van der Waals surface area contributed by atoms with E-state index in [1.807, 2.05) is 0 Å². The highest BCUT2D eigenvalue weighted by Crippen LogP contribution is 2.34. The number of carbonyl (C=O) groups is 2. The van der Waals surface area contributed by atoms with Crippen molar-refractivity contribution in [2.24, 2.45) is 0 Å². The van der Waals surface area contributed by atoms with Gasteiger partial charge in [0.1, 0.15) is 48.8 Å². The molecule has 0 bridgehead atoms. The minimum Gasteiger partial charge on any atom is -0.493 e. The van der Waals surface area contributed by atoms with E-state index in [-0.39, 0.29) is 23.0 Å². The zero-order valence-corrected chi connectivity index (χ0v) is 26.5. The lowest BCUT2D eigenvalue weighted by Crippen LogP contribution is -2.60. The summed E-state index contributed by atoms with van der Waals surface area (Å²) in [5.74, 6) is -0.384. The first-order valence-electron chi connectivity index (χ1n) is 15.1. The van der Waals surface area contributed by atoms with E-state index in [1.165, 1.54) is 62.8 Å². The van der Waals surface area contributed by atoms with E-state index in [9.17, 15) is 50.4 Å². The third-order valence-corrected chi connectivity index (χ3v) is 7.83. The van der Waals surface area contributed by atoms with Crippen LogP contribution in [0, 0.1) is 0 Å². The molecule has 2 aromatic rings. The Balaban J connectivity index is 1.33. The predicted octanol–water partition coefficient (Wildman–Crippen LogP) is -1.68. The average molecular weight is 693 g/mol. The molecule has 16 nitrogen and oxygen atoms in total. The van der Waals surface area contributed by atoms with Crippen molar-refractivity contribution in [2.45, 2.75) is 67.8 Å². The van der Waals surface area contributed by atoms with E-state index < -0.39 is 92.6 Å². The third kappa shape index (κ3) is 9.20. The van der Waals surface area contributed by atoms with Crippen LogP contribution in [0.1, 0.15) is 17.5 Å². The smallest absolute Gasteiger partial charge is 0.229 e. The van der Waals surface area contributed by atoms with Gasteiger partial charge in [0, 0.05) is 0 Å². The lowest BCUT2D eigenvalue weighted by Gasteiger charge is -2.39. The highest BCUT2D eigenvalue weighted by Gasteiger charge is 2.46. The lowest BCUT2D eigenvalue weighted by molar-refractivity contribution is -0.277. The largest absolute Gasteiger partial charge is 0.493 e. The van der Waals surface area contributed by atoms with Gasteiger partial charge < -0.3 is 69.3 Å². The van der Waals surface area contributed by atoms with Crippen LogP contribution < -0.4 is 18.9 Å². The fraction of sp³-hybridized carbons (Fsp3) is 0.455. The molecule has 0 aliphatic carbocycles. The highest BCUT2D eigenvalue weighted by atomic mass is 16.7. The zero-order chi connectivity index (χ0) is 35.8. The Hall–Kier alpha value is -3.94. The number of allylic oxidation sites excluding steroid dienone is 2. The van der Waals surface area contributed by atoms with Gasteiger partial charge in [0.25, 0.3) is 0 Å². The number of aliphatic hydroxyl groups excluding tert-OH is 8. The molecule has 268 valence electrons. The number of aliphatic hydroxyl groups is 8. The summed E-state index contributed by atoms with van der Waals surface area (Å²) in [6, 6.07) is 9.09. The molecule has 2 aliphatic heterocycles. The summed E-state index contributed by atoms with van der Waals surface area (Å²) in [7, 11) is 2.71. The first-order valence-corrected chi connectivity index (χ1v) is 15.1. The van der Waals surface area contributed by atoms with Crippen LogP contribution in [0.2, 0.25) is 0 Å². The molecule has 16 heteroatoms. The highest BCUT2D eigenvalue weighted by molar-refractivity contribution is 6.10. The number of ether oxygens (including phenoxy) is 6. The van der Waals surface area contributed by atoms with Gasteiger partial charge in [-0.05, 0) is 47.5 Å². The summed E-state index contributed by atoms with van der Waals surface area (Å²) in [5, 5.41) is 79.1. The van der Waals surface area contributed by atoms with Crippen molar-refractivity contribution in [1.29, 1.82) is 0 Å². The maximum atomic E-state index is 12.5. The lowest BCUT2D eigenvalue weighted by atomic mass is 9.99. The van der Waals surface area contributed by atoms with Crippen molar-refractivity contribution >= 4 is 23.7 Å². The van der Waals surface area contributed by atoms with Crippen molar-refractivity contribution in [3.8, 4) is 23.0 Å². The van der Waals surface area contributed by atoms with Crippen LogP contribution in [0.5, 0.6) is 23.0 Å². The molecule has 49 heavy (non-hydrogen) atoms. The van der Waals surface area contributed by atoms with Gasteiger partial charge in [-0.2, -0.15) is 0 Å². The van der Waals surface area contributed by atoms with Crippen LogP contribution in [0.4, 0.5) is 0 Å². The number of benzene rings is 2. The molecule has 0 radical (unpaired) electrons. The van der Waals surface area contributed by atoms with Gasteiger partial charge >= 0.3 is 0 Å². The van der Waals surface area contributed by atoms with Crippen LogP contribution in [-0.2, 0) is 19.1 Å². The Bertz CT molecular complexity index is 1380. The van der Waals surface area contributed by atoms with E-state index in [1.54, 1.807) is 12.1 Å². The molecule has 2 saturated heterocycles. The van der Waals surface area contributed by atoms with Gasteiger partial charge in [-0.1, -0.05) is 24.3 Å². The van der Waals surface area contributed by atoms with E-state index in [2.05, 4.69) is 0 Å². The average Bonchev–Trinajstić information content (AvgIpc) is 3.10. The molecule has 2 aliphatic rings. The number of carbonyl (C=O) groups excluding carboxylic acids is 2. The summed E-state index contributed by atoms with van der Waals surface area (Å²) in [4.78, 5) is 25.0. The maximum absolute atomic E-state index is 12.5. The molecule has 4 rings (SSSR count). The van der Waals surface area contributed by atoms with E-state index in [4.69, 9.17) is 28.4 Å². The second-order valence-electron chi connectivity index (χ2n) is 11.2. The number of ketones is 2. The fourth-order valence-electron chi connectivity index (χ4n) is 5.02. The van der Waals surface area contributed by atoms with Crippen LogP contribution in [0.3, 0.4) is 0 Å². The molecular formula is C33H40O16. The SMILES string of the molecule is COc1cc(/C=C/C(=O)CC(=O)/C=C/c2ccc(OC3O[C@H](CO)[C@@H](O)[C@H](O)[C@H]3O)c(OC)c2)ccc1OC1O[C@@H](CO)[C@H](O)[C@@H](O)[C@@H]1O.